The van der Waals surface area contributed by atoms with Crippen LogP contribution >= 0.6 is 27.3 Å². The first-order valence-corrected chi connectivity index (χ1v) is 7.43. The van der Waals surface area contributed by atoms with Gasteiger partial charge in [0, 0.05) is 20.8 Å². The fraction of sp³-hybridized carbons (Fsp3) is 0.214. The molecule has 6 heteroatoms. The van der Waals surface area contributed by atoms with E-state index in [9.17, 15) is 4.79 Å². The van der Waals surface area contributed by atoms with Crippen molar-refractivity contribution in [2.24, 2.45) is 0 Å². The van der Waals surface area contributed by atoms with Gasteiger partial charge in [0.1, 0.15) is 0 Å². The van der Waals surface area contributed by atoms with Gasteiger partial charge in [-0.1, -0.05) is 0 Å². The Labute approximate surface area is 129 Å². The number of rotatable bonds is 5. The maximum Gasteiger partial charge on any atom is 0.204 e. The van der Waals surface area contributed by atoms with Gasteiger partial charge in [0.25, 0.3) is 0 Å². The Bertz CT molecular complexity index is 636. The zero-order chi connectivity index (χ0) is 14.7. The number of halogens is 1. The smallest absolute Gasteiger partial charge is 0.204 e. The summed E-state index contributed by atoms with van der Waals surface area (Å²) in [6.07, 6.45) is 0. The van der Waals surface area contributed by atoms with Crippen LogP contribution in [0.25, 0.3) is 0 Å². The number of hydrogen-bond donors (Lipinski definition) is 0. The van der Waals surface area contributed by atoms with Crippen LogP contribution in [0.15, 0.2) is 27.4 Å². The lowest BCUT2D eigenvalue weighted by Crippen LogP contribution is -2.06. The monoisotopic (exact) mass is 356 g/mol. The van der Waals surface area contributed by atoms with E-state index in [2.05, 4.69) is 15.9 Å². The van der Waals surface area contributed by atoms with Crippen LogP contribution in [0.4, 0.5) is 0 Å². The van der Waals surface area contributed by atoms with Gasteiger partial charge in [-0.05, 0) is 28.1 Å². The lowest BCUT2D eigenvalue weighted by atomic mass is 10.0. The quantitative estimate of drug-likeness (QED) is 0.765. The number of hydrogen-bond acceptors (Lipinski definition) is 5. The van der Waals surface area contributed by atoms with E-state index < -0.39 is 0 Å². The van der Waals surface area contributed by atoms with E-state index in [1.165, 1.54) is 32.7 Å². The van der Waals surface area contributed by atoms with Crippen LogP contribution in [0.5, 0.6) is 17.2 Å². The molecule has 1 heterocycles. The Morgan fingerprint density at radius 2 is 1.70 bits per heavy atom. The molecule has 20 heavy (non-hydrogen) atoms. The van der Waals surface area contributed by atoms with Gasteiger partial charge in [0.2, 0.25) is 5.75 Å². The largest absolute Gasteiger partial charge is 0.493 e. The average Bonchev–Trinajstić information content (AvgIpc) is 2.90. The lowest BCUT2D eigenvalue weighted by Gasteiger charge is -2.14. The van der Waals surface area contributed by atoms with Gasteiger partial charge in [0.05, 0.1) is 26.9 Å². The van der Waals surface area contributed by atoms with E-state index in [0.29, 0.717) is 28.4 Å². The minimum Gasteiger partial charge on any atom is -0.493 e. The summed E-state index contributed by atoms with van der Waals surface area (Å²) in [7, 11) is 4.54. The second-order valence-corrected chi connectivity index (χ2v) is 5.44. The Balaban J connectivity index is 2.57. The topological polar surface area (TPSA) is 44.8 Å². The van der Waals surface area contributed by atoms with Crippen molar-refractivity contribution in [3.63, 3.8) is 0 Å². The van der Waals surface area contributed by atoms with Crippen molar-refractivity contribution in [1.82, 2.24) is 0 Å². The fourth-order valence-electron chi connectivity index (χ4n) is 1.87. The number of benzene rings is 1. The minimum absolute atomic E-state index is 0.129. The van der Waals surface area contributed by atoms with Crippen molar-refractivity contribution in [2.75, 3.05) is 21.3 Å². The minimum atomic E-state index is -0.129. The van der Waals surface area contributed by atoms with Gasteiger partial charge >= 0.3 is 0 Å². The molecule has 0 aliphatic rings. The number of carbonyl (C=O) groups is 1. The number of ketones is 1. The summed E-state index contributed by atoms with van der Waals surface area (Å²) in [5.74, 6) is 1.17. The van der Waals surface area contributed by atoms with E-state index in [-0.39, 0.29) is 5.78 Å². The van der Waals surface area contributed by atoms with Gasteiger partial charge in [-0.2, -0.15) is 11.3 Å². The summed E-state index contributed by atoms with van der Waals surface area (Å²) in [6, 6.07) is 3.36. The lowest BCUT2D eigenvalue weighted by molar-refractivity contribution is 0.103. The fourth-order valence-corrected chi connectivity index (χ4v) is 3.32. The SMILES string of the molecule is COc1ccc(C(=O)c2cscc2Br)c(OC)c1OC. The van der Waals surface area contributed by atoms with Crippen molar-refractivity contribution >= 4 is 33.0 Å². The van der Waals surface area contributed by atoms with Crippen LogP contribution in [-0.4, -0.2) is 27.1 Å². The summed E-state index contributed by atoms with van der Waals surface area (Å²) in [5.41, 5.74) is 1.03. The van der Waals surface area contributed by atoms with E-state index in [0.717, 1.165) is 4.47 Å². The molecular weight excluding hydrogens is 344 g/mol. The molecule has 0 bridgehead atoms. The van der Waals surface area contributed by atoms with Gasteiger partial charge in [-0.15, -0.1) is 0 Å². The molecule has 2 aromatic rings. The molecule has 1 aromatic heterocycles. The highest BCUT2D eigenvalue weighted by Gasteiger charge is 2.23. The number of carbonyl (C=O) groups excluding carboxylic acids is 1. The molecule has 0 radical (unpaired) electrons. The van der Waals surface area contributed by atoms with E-state index in [4.69, 9.17) is 14.2 Å². The first kappa shape index (κ1) is 14.9. The van der Waals surface area contributed by atoms with Crippen LogP contribution in [-0.2, 0) is 0 Å². The highest BCUT2D eigenvalue weighted by Crippen LogP contribution is 2.41. The summed E-state index contributed by atoms with van der Waals surface area (Å²) in [6.45, 7) is 0. The van der Waals surface area contributed by atoms with Crippen molar-refractivity contribution < 1.29 is 19.0 Å². The number of methoxy groups -OCH3 is 3. The molecule has 0 amide bonds. The van der Waals surface area contributed by atoms with Crippen molar-refractivity contribution in [2.45, 2.75) is 0 Å². The molecule has 4 nitrogen and oxygen atoms in total. The van der Waals surface area contributed by atoms with E-state index in [1.54, 1.807) is 17.5 Å². The van der Waals surface area contributed by atoms with Crippen LogP contribution in [0, 0.1) is 0 Å². The standard InChI is InChI=1S/C14H13BrO4S/c1-17-11-5-4-8(13(18-2)14(11)19-3)12(16)9-6-20-7-10(9)15/h4-7H,1-3H3. The third-order valence-corrected chi connectivity index (χ3v) is 4.51. The first-order valence-electron chi connectivity index (χ1n) is 5.69. The average molecular weight is 357 g/mol. The predicted molar refractivity (Wildman–Crippen MR) is 81.5 cm³/mol. The second-order valence-electron chi connectivity index (χ2n) is 3.84. The van der Waals surface area contributed by atoms with Gasteiger partial charge in [0.15, 0.2) is 17.3 Å². The first-order chi connectivity index (χ1) is 9.63. The van der Waals surface area contributed by atoms with Crippen LogP contribution in [0.1, 0.15) is 15.9 Å². The summed E-state index contributed by atoms with van der Waals surface area (Å²) in [5, 5.41) is 3.66. The third-order valence-electron chi connectivity index (χ3n) is 2.81. The normalized spacial score (nSPS) is 10.2. The molecule has 0 saturated carbocycles. The predicted octanol–water partition coefficient (Wildman–Crippen LogP) is 3.77. The zero-order valence-electron chi connectivity index (χ0n) is 11.2. The molecule has 0 unspecified atom stereocenters. The molecular formula is C14H13BrO4S. The Kier molecular flexibility index (Phi) is 4.67. The highest BCUT2D eigenvalue weighted by molar-refractivity contribution is 9.10. The third kappa shape index (κ3) is 2.53. The Hall–Kier alpha value is -1.53. The van der Waals surface area contributed by atoms with Crippen LogP contribution in [0.3, 0.4) is 0 Å². The molecule has 106 valence electrons. The summed E-state index contributed by atoms with van der Waals surface area (Å²) >= 11 is 4.82. The van der Waals surface area contributed by atoms with Gasteiger partial charge in [-0.25, -0.2) is 0 Å². The number of ether oxygens (including phenoxy) is 3. The van der Waals surface area contributed by atoms with Crippen molar-refractivity contribution in [1.29, 1.82) is 0 Å². The molecule has 0 atom stereocenters. The Morgan fingerprint density at radius 1 is 1.00 bits per heavy atom. The maximum absolute atomic E-state index is 12.6. The maximum atomic E-state index is 12.6. The summed E-state index contributed by atoms with van der Waals surface area (Å²) in [4.78, 5) is 12.6. The van der Waals surface area contributed by atoms with Gasteiger partial charge < -0.3 is 14.2 Å². The van der Waals surface area contributed by atoms with E-state index in [1.807, 2.05) is 5.38 Å². The second kappa shape index (κ2) is 6.28. The molecule has 1 aromatic carbocycles. The highest BCUT2D eigenvalue weighted by atomic mass is 79.9. The van der Waals surface area contributed by atoms with E-state index >= 15 is 0 Å². The molecule has 0 aliphatic heterocycles. The number of thiophene rings is 1. The molecule has 0 spiro atoms. The molecule has 2 rings (SSSR count). The van der Waals surface area contributed by atoms with Crippen LogP contribution in [0.2, 0.25) is 0 Å². The zero-order valence-corrected chi connectivity index (χ0v) is 13.6. The van der Waals surface area contributed by atoms with Crippen LogP contribution < -0.4 is 14.2 Å². The van der Waals surface area contributed by atoms with Crippen molar-refractivity contribution in [3.8, 4) is 17.2 Å². The molecule has 0 fully saturated rings. The molecule has 0 saturated heterocycles. The Morgan fingerprint density at radius 3 is 2.20 bits per heavy atom. The molecule has 0 N–H and O–H groups in total. The molecule has 0 aliphatic carbocycles. The van der Waals surface area contributed by atoms with Crippen molar-refractivity contribution in [3.05, 3.63) is 38.5 Å². The summed E-state index contributed by atoms with van der Waals surface area (Å²) < 4.78 is 16.6. The van der Waals surface area contributed by atoms with Gasteiger partial charge in [-0.3, -0.25) is 4.79 Å².